The molecule has 1 rings (SSSR count). The lowest BCUT2D eigenvalue weighted by atomic mass is 10.2. The predicted molar refractivity (Wildman–Crippen MR) is 70.2 cm³/mol. The number of aliphatic carboxylic acids is 1. The van der Waals surface area contributed by atoms with E-state index >= 15 is 0 Å². The normalized spacial score (nSPS) is 13.1. The summed E-state index contributed by atoms with van der Waals surface area (Å²) in [5.74, 6) is -1.43. The first-order valence-corrected chi connectivity index (χ1v) is 7.48. The van der Waals surface area contributed by atoms with Crippen LogP contribution < -0.4 is 4.72 Å². The number of nitrogens with one attached hydrogen (secondary N) is 1. The van der Waals surface area contributed by atoms with Crippen molar-refractivity contribution in [3.63, 3.8) is 0 Å². The lowest BCUT2D eigenvalue weighted by Gasteiger charge is -2.08. The fraction of sp³-hybridized carbons (Fsp3) is 0.417. The van der Waals surface area contributed by atoms with Crippen LogP contribution in [0.4, 0.5) is 0 Å². The van der Waals surface area contributed by atoms with Crippen LogP contribution in [-0.2, 0) is 21.2 Å². The number of aliphatic hydroxyl groups is 1. The Morgan fingerprint density at radius 1 is 1.26 bits per heavy atom. The molecule has 1 unspecified atom stereocenters. The molecule has 0 saturated heterocycles. The van der Waals surface area contributed by atoms with Gasteiger partial charge in [0.2, 0.25) is 10.0 Å². The Morgan fingerprint density at radius 3 is 2.47 bits per heavy atom. The lowest BCUT2D eigenvalue weighted by Crippen LogP contribution is -2.32. The van der Waals surface area contributed by atoms with Crippen LogP contribution in [0.15, 0.2) is 30.3 Å². The van der Waals surface area contributed by atoms with Crippen molar-refractivity contribution >= 4 is 16.0 Å². The molecule has 0 saturated carbocycles. The van der Waals surface area contributed by atoms with Crippen molar-refractivity contribution in [1.82, 2.24) is 4.72 Å². The van der Waals surface area contributed by atoms with E-state index < -0.39 is 22.1 Å². The van der Waals surface area contributed by atoms with Crippen molar-refractivity contribution in [2.24, 2.45) is 0 Å². The van der Waals surface area contributed by atoms with Crippen molar-refractivity contribution in [2.45, 2.75) is 18.9 Å². The molecule has 1 aromatic carbocycles. The number of carbonyl (C=O) groups is 1. The van der Waals surface area contributed by atoms with Crippen molar-refractivity contribution in [1.29, 1.82) is 0 Å². The van der Waals surface area contributed by atoms with Crippen LogP contribution in [0.25, 0.3) is 0 Å². The Morgan fingerprint density at radius 2 is 1.89 bits per heavy atom. The number of hydrogen-bond acceptors (Lipinski definition) is 4. The van der Waals surface area contributed by atoms with Gasteiger partial charge >= 0.3 is 5.97 Å². The summed E-state index contributed by atoms with van der Waals surface area (Å²) >= 11 is 0. The van der Waals surface area contributed by atoms with E-state index in [1.165, 1.54) is 0 Å². The topological polar surface area (TPSA) is 104 Å². The van der Waals surface area contributed by atoms with Crippen molar-refractivity contribution in [3.05, 3.63) is 35.9 Å². The summed E-state index contributed by atoms with van der Waals surface area (Å²) in [6.07, 6.45) is -1.31. The van der Waals surface area contributed by atoms with Crippen LogP contribution in [0.5, 0.6) is 0 Å². The molecule has 0 amide bonds. The number of carboxylic acid groups (broad SMARTS) is 1. The van der Waals surface area contributed by atoms with E-state index in [2.05, 4.69) is 4.72 Å². The third-order valence-electron chi connectivity index (χ3n) is 2.53. The monoisotopic (exact) mass is 287 g/mol. The Labute approximate surface area is 112 Å². The first kappa shape index (κ1) is 15.6. The highest BCUT2D eigenvalue weighted by Gasteiger charge is 2.15. The highest BCUT2D eigenvalue weighted by molar-refractivity contribution is 7.89. The fourth-order valence-corrected chi connectivity index (χ4v) is 2.52. The van der Waals surface area contributed by atoms with Crippen LogP contribution in [0.3, 0.4) is 0 Å². The minimum absolute atomic E-state index is 0.0693. The smallest absolute Gasteiger partial charge is 0.332 e. The largest absolute Gasteiger partial charge is 0.479 e. The Bertz CT molecular complexity index is 500. The zero-order chi connectivity index (χ0) is 14.3. The van der Waals surface area contributed by atoms with Gasteiger partial charge < -0.3 is 10.2 Å². The van der Waals surface area contributed by atoms with Crippen LogP contribution in [0.1, 0.15) is 12.0 Å². The van der Waals surface area contributed by atoms with E-state index in [4.69, 9.17) is 10.2 Å². The SMILES string of the molecule is O=C(O)C(O)CCNS(=O)(=O)CCc1ccccc1. The minimum Gasteiger partial charge on any atom is -0.479 e. The lowest BCUT2D eigenvalue weighted by molar-refractivity contribution is -0.146. The van der Waals surface area contributed by atoms with Gasteiger partial charge in [-0.25, -0.2) is 17.9 Å². The average molecular weight is 287 g/mol. The van der Waals surface area contributed by atoms with Crippen LogP contribution in [-0.4, -0.2) is 43.0 Å². The minimum atomic E-state index is -3.46. The molecular formula is C12H17NO5S. The molecule has 0 aliphatic heterocycles. The number of hydrogen-bond donors (Lipinski definition) is 3. The number of benzene rings is 1. The maximum atomic E-state index is 11.6. The molecule has 0 radical (unpaired) electrons. The molecule has 0 fully saturated rings. The van der Waals surface area contributed by atoms with Gasteiger partial charge in [-0.3, -0.25) is 0 Å². The summed E-state index contributed by atoms with van der Waals surface area (Å²) in [7, 11) is -3.46. The van der Waals surface area contributed by atoms with Crippen molar-refractivity contribution in [3.8, 4) is 0 Å². The summed E-state index contributed by atoms with van der Waals surface area (Å²) < 4.78 is 25.5. The summed E-state index contributed by atoms with van der Waals surface area (Å²) in [5, 5.41) is 17.4. The first-order chi connectivity index (χ1) is 8.91. The van der Waals surface area contributed by atoms with E-state index in [0.717, 1.165) is 5.56 Å². The molecule has 1 aromatic rings. The van der Waals surface area contributed by atoms with Gasteiger partial charge in [0.1, 0.15) is 0 Å². The molecule has 0 aliphatic rings. The molecule has 0 spiro atoms. The van der Waals surface area contributed by atoms with Crippen LogP contribution in [0.2, 0.25) is 0 Å². The van der Waals surface area contributed by atoms with Gasteiger partial charge in [-0.1, -0.05) is 30.3 Å². The van der Waals surface area contributed by atoms with Crippen molar-refractivity contribution < 1.29 is 23.4 Å². The first-order valence-electron chi connectivity index (χ1n) is 5.83. The molecule has 3 N–H and O–H groups in total. The number of aliphatic hydroxyl groups excluding tert-OH is 1. The Hall–Kier alpha value is -1.44. The predicted octanol–water partition coefficient (Wildman–Crippen LogP) is -0.0159. The fourth-order valence-electron chi connectivity index (χ4n) is 1.44. The number of sulfonamides is 1. The van der Waals surface area contributed by atoms with Gasteiger partial charge in [-0.05, 0) is 18.4 Å². The van der Waals surface area contributed by atoms with Gasteiger partial charge in [0, 0.05) is 6.54 Å². The van der Waals surface area contributed by atoms with Gasteiger partial charge in [0.15, 0.2) is 6.10 Å². The van der Waals surface area contributed by atoms with Crippen LogP contribution >= 0.6 is 0 Å². The van der Waals surface area contributed by atoms with Gasteiger partial charge in [-0.15, -0.1) is 0 Å². The van der Waals surface area contributed by atoms with Gasteiger partial charge in [-0.2, -0.15) is 0 Å². The molecule has 19 heavy (non-hydrogen) atoms. The summed E-state index contributed by atoms with van der Waals surface area (Å²) in [6, 6.07) is 9.19. The summed E-state index contributed by atoms with van der Waals surface area (Å²) in [4.78, 5) is 10.3. The maximum Gasteiger partial charge on any atom is 0.332 e. The molecule has 0 aliphatic carbocycles. The molecule has 1 atom stereocenters. The van der Waals surface area contributed by atoms with E-state index in [1.54, 1.807) is 0 Å². The van der Waals surface area contributed by atoms with E-state index in [9.17, 15) is 13.2 Å². The molecule has 7 heteroatoms. The second-order valence-corrected chi connectivity index (χ2v) is 6.02. The van der Waals surface area contributed by atoms with Gasteiger partial charge in [0.05, 0.1) is 5.75 Å². The van der Waals surface area contributed by atoms with Crippen LogP contribution in [0, 0.1) is 0 Å². The number of rotatable bonds is 8. The second-order valence-electron chi connectivity index (χ2n) is 4.09. The maximum absolute atomic E-state index is 11.6. The molecule has 0 bridgehead atoms. The van der Waals surface area contributed by atoms with Crippen molar-refractivity contribution in [2.75, 3.05) is 12.3 Å². The molecule has 0 aromatic heterocycles. The van der Waals surface area contributed by atoms with E-state index in [0.29, 0.717) is 6.42 Å². The third-order valence-corrected chi connectivity index (χ3v) is 3.91. The highest BCUT2D eigenvalue weighted by atomic mass is 32.2. The number of carboxylic acids is 1. The van der Waals surface area contributed by atoms with Gasteiger partial charge in [0.25, 0.3) is 0 Å². The quantitative estimate of drug-likeness (QED) is 0.623. The van der Waals surface area contributed by atoms with E-state index in [1.807, 2.05) is 30.3 Å². The highest BCUT2D eigenvalue weighted by Crippen LogP contribution is 2.01. The zero-order valence-electron chi connectivity index (χ0n) is 10.3. The Balaban J connectivity index is 2.34. The summed E-state index contributed by atoms with van der Waals surface area (Å²) in [6.45, 7) is -0.0927. The molecule has 0 heterocycles. The zero-order valence-corrected chi connectivity index (χ0v) is 11.1. The molecule has 6 nitrogen and oxygen atoms in total. The Kier molecular flexibility index (Phi) is 5.94. The standard InChI is InChI=1S/C12H17NO5S/c14-11(12(15)16)6-8-13-19(17,18)9-7-10-4-2-1-3-5-10/h1-5,11,13-14H,6-9H2,(H,15,16). The third kappa shape index (κ3) is 6.32. The number of aryl methyl sites for hydroxylation is 1. The molecule has 106 valence electrons. The molecular weight excluding hydrogens is 270 g/mol. The summed E-state index contributed by atoms with van der Waals surface area (Å²) in [5.41, 5.74) is 0.915. The van der Waals surface area contributed by atoms with E-state index in [-0.39, 0.29) is 18.7 Å². The average Bonchev–Trinajstić information content (AvgIpc) is 2.37. The second kappa shape index (κ2) is 7.22.